The molecule has 2 aromatic rings. The molecule has 1 aromatic heterocycles. The van der Waals surface area contributed by atoms with Crippen LogP contribution in [0.2, 0.25) is 0 Å². The second-order valence-corrected chi connectivity index (χ2v) is 5.91. The largest absolute Gasteiger partial charge is 0.491 e. The summed E-state index contributed by atoms with van der Waals surface area (Å²) in [4.78, 5) is 16.4. The van der Waals surface area contributed by atoms with Gasteiger partial charge in [-0.2, -0.15) is 0 Å². The van der Waals surface area contributed by atoms with Crippen molar-refractivity contribution in [2.24, 2.45) is 0 Å². The van der Waals surface area contributed by atoms with Crippen LogP contribution in [0, 0.1) is 0 Å². The molecular weight excluding hydrogens is 290 g/mol. The van der Waals surface area contributed by atoms with E-state index < -0.39 is 0 Å². The zero-order valence-electron chi connectivity index (χ0n) is 14.0. The van der Waals surface area contributed by atoms with Crippen LogP contribution in [0.25, 0.3) is 0 Å². The Labute approximate surface area is 137 Å². The van der Waals surface area contributed by atoms with E-state index in [1.54, 1.807) is 18.5 Å². The maximum absolute atomic E-state index is 12.3. The van der Waals surface area contributed by atoms with E-state index in [-0.39, 0.29) is 18.1 Å². The number of ether oxygens (including phenoxy) is 1. The van der Waals surface area contributed by atoms with Crippen LogP contribution in [-0.4, -0.2) is 23.0 Å². The quantitative estimate of drug-likeness (QED) is 0.848. The second kappa shape index (κ2) is 7.63. The summed E-state index contributed by atoms with van der Waals surface area (Å²) < 4.78 is 5.58. The van der Waals surface area contributed by atoms with Crippen LogP contribution in [0.3, 0.4) is 0 Å². The third-order valence-electron chi connectivity index (χ3n) is 2.94. The van der Waals surface area contributed by atoms with Gasteiger partial charge < -0.3 is 15.4 Å². The Kier molecular flexibility index (Phi) is 5.57. The summed E-state index contributed by atoms with van der Waals surface area (Å²) >= 11 is 0. The van der Waals surface area contributed by atoms with Gasteiger partial charge >= 0.3 is 0 Å². The Morgan fingerprint density at radius 3 is 2.35 bits per heavy atom. The van der Waals surface area contributed by atoms with Gasteiger partial charge in [-0.25, -0.2) is 0 Å². The van der Waals surface area contributed by atoms with Crippen molar-refractivity contribution < 1.29 is 9.53 Å². The lowest BCUT2D eigenvalue weighted by Gasteiger charge is -2.12. The lowest BCUT2D eigenvalue weighted by molar-refractivity contribution is 0.102. The number of nitrogens with zero attached hydrogens (tertiary/aromatic N) is 1. The summed E-state index contributed by atoms with van der Waals surface area (Å²) in [7, 11) is 0. The fraction of sp³-hybridized carbons (Fsp3) is 0.333. The normalized spacial score (nSPS) is 10.7. The summed E-state index contributed by atoms with van der Waals surface area (Å²) in [6, 6.07) is 9.38. The molecule has 0 aliphatic heterocycles. The highest BCUT2D eigenvalue weighted by molar-refractivity contribution is 6.04. The Balaban J connectivity index is 2.04. The zero-order chi connectivity index (χ0) is 16.8. The minimum atomic E-state index is -0.192. The van der Waals surface area contributed by atoms with Crippen molar-refractivity contribution in [2.75, 3.05) is 10.6 Å². The van der Waals surface area contributed by atoms with Crippen molar-refractivity contribution in [1.29, 1.82) is 0 Å². The second-order valence-electron chi connectivity index (χ2n) is 5.91. The Morgan fingerprint density at radius 2 is 1.74 bits per heavy atom. The molecule has 2 rings (SSSR count). The van der Waals surface area contributed by atoms with Gasteiger partial charge in [0.05, 0.1) is 17.4 Å². The number of nitrogens with one attached hydrogen (secondary N) is 2. The van der Waals surface area contributed by atoms with Gasteiger partial charge in [-0.3, -0.25) is 9.78 Å². The first-order chi connectivity index (χ1) is 10.9. The molecule has 0 saturated heterocycles. The Morgan fingerprint density at radius 1 is 1.04 bits per heavy atom. The van der Waals surface area contributed by atoms with Gasteiger partial charge in [-0.1, -0.05) is 0 Å². The predicted molar refractivity (Wildman–Crippen MR) is 93.2 cm³/mol. The van der Waals surface area contributed by atoms with Crippen LogP contribution in [-0.2, 0) is 0 Å². The molecule has 0 radical (unpaired) electrons. The van der Waals surface area contributed by atoms with Crippen molar-refractivity contribution >= 4 is 17.3 Å². The lowest BCUT2D eigenvalue weighted by atomic mass is 10.2. The number of pyridine rings is 1. The first-order valence-corrected chi connectivity index (χ1v) is 7.73. The third kappa shape index (κ3) is 5.29. The van der Waals surface area contributed by atoms with Crippen LogP contribution in [0.1, 0.15) is 38.1 Å². The molecule has 0 spiro atoms. The number of hydrogen-bond donors (Lipinski definition) is 2. The van der Waals surface area contributed by atoms with Crippen molar-refractivity contribution in [3.63, 3.8) is 0 Å². The summed E-state index contributed by atoms with van der Waals surface area (Å²) in [6.07, 6.45) is 3.38. The predicted octanol–water partition coefficient (Wildman–Crippen LogP) is 3.94. The molecule has 23 heavy (non-hydrogen) atoms. The number of carbonyl (C=O) groups is 1. The summed E-state index contributed by atoms with van der Waals surface area (Å²) in [5, 5.41) is 6.09. The van der Waals surface area contributed by atoms with Gasteiger partial charge in [0, 0.05) is 24.1 Å². The van der Waals surface area contributed by atoms with Gasteiger partial charge in [0.2, 0.25) is 0 Å². The van der Waals surface area contributed by atoms with E-state index >= 15 is 0 Å². The molecule has 1 aromatic carbocycles. The van der Waals surface area contributed by atoms with E-state index in [1.807, 2.05) is 52.0 Å². The van der Waals surface area contributed by atoms with Gasteiger partial charge in [0.25, 0.3) is 5.91 Å². The average molecular weight is 313 g/mol. The van der Waals surface area contributed by atoms with Gasteiger partial charge in [-0.05, 0) is 58.0 Å². The van der Waals surface area contributed by atoms with Crippen LogP contribution in [0.4, 0.5) is 11.4 Å². The van der Waals surface area contributed by atoms with Gasteiger partial charge in [0.1, 0.15) is 5.75 Å². The highest BCUT2D eigenvalue weighted by atomic mass is 16.5. The monoisotopic (exact) mass is 313 g/mol. The molecule has 0 unspecified atom stereocenters. The fourth-order valence-electron chi connectivity index (χ4n) is 2.07. The van der Waals surface area contributed by atoms with Crippen LogP contribution >= 0.6 is 0 Å². The van der Waals surface area contributed by atoms with Crippen molar-refractivity contribution in [3.8, 4) is 5.75 Å². The number of hydrogen-bond acceptors (Lipinski definition) is 4. The number of rotatable bonds is 6. The Bertz CT molecular complexity index is 652. The maximum Gasteiger partial charge on any atom is 0.257 e. The van der Waals surface area contributed by atoms with E-state index in [9.17, 15) is 4.79 Å². The summed E-state index contributed by atoms with van der Waals surface area (Å²) in [6.45, 7) is 8.02. The lowest BCUT2D eigenvalue weighted by Crippen LogP contribution is -2.14. The number of carbonyl (C=O) groups excluding carboxylic acids is 1. The number of benzene rings is 1. The number of anilines is 2. The minimum Gasteiger partial charge on any atom is -0.491 e. The number of aromatic nitrogens is 1. The minimum absolute atomic E-state index is 0.123. The zero-order valence-corrected chi connectivity index (χ0v) is 14.0. The maximum atomic E-state index is 12.3. The van der Waals surface area contributed by atoms with Crippen LogP contribution < -0.4 is 15.4 Å². The third-order valence-corrected chi connectivity index (χ3v) is 2.94. The van der Waals surface area contributed by atoms with Crippen LogP contribution in [0.5, 0.6) is 5.75 Å². The molecule has 5 nitrogen and oxygen atoms in total. The molecule has 1 heterocycles. The molecule has 1 amide bonds. The molecule has 0 aliphatic carbocycles. The van der Waals surface area contributed by atoms with Crippen molar-refractivity contribution in [1.82, 2.24) is 4.98 Å². The first kappa shape index (κ1) is 16.8. The molecule has 0 saturated carbocycles. The Hall–Kier alpha value is -2.56. The smallest absolute Gasteiger partial charge is 0.257 e. The van der Waals surface area contributed by atoms with Gasteiger partial charge in [0.15, 0.2) is 0 Å². The summed E-state index contributed by atoms with van der Waals surface area (Å²) in [5.74, 6) is 0.588. The van der Waals surface area contributed by atoms with E-state index in [4.69, 9.17) is 4.74 Å². The molecule has 0 aliphatic rings. The SMILES string of the molecule is CC(C)Nc1cncc(C(=O)Nc2ccc(OC(C)C)cc2)c1. The van der Waals surface area contributed by atoms with Crippen molar-refractivity contribution in [2.45, 2.75) is 39.8 Å². The van der Waals surface area contributed by atoms with E-state index in [0.717, 1.165) is 11.4 Å². The van der Waals surface area contributed by atoms with E-state index in [0.29, 0.717) is 11.3 Å². The number of amides is 1. The molecule has 2 N–H and O–H groups in total. The van der Waals surface area contributed by atoms with E-state index in [2.05, 4.69) is 15.6 Å². The average Bonchev–Trinajstić information content (AvgIpc) is 2.48. The highest BCUT2D eigenvalue weighted by Crippen LogP contribution is 2.18. The van der Waals surface area contributed by atoms with Crippen LogP contribution in [0.15, 0.2) is 42.7 Å². The highest BCUT2D eigenvalue weighted by Gasteiger charge is 2.08. The molecule has 0 atom stereocenters. The molecular formula is C18H23N3O2. The van der Waals surface area contributed by atoms with Gasteiger partial charge in [-0.15, -0.1) is 0 Å². The molecule has 122 valence electrons. The molecule has 0 bridgehead atoms. The first-order valence-electron chi connectivity index (χ1n) is 7.73. The standard InChI is InChI=1S/C18H23N3O2/c1-12(2)20-16-9-14(10-19-11-16)18(22)21-15-5-7-17(8-6-15)23-13(3)4/h5-13,20H,1-4H3,(H,21,22). The summed E-state index contributed by atoms with van der Waals surface area (Å²) in [5.41, 5.74) is 2.06. The van der Waals surface area contributed by atoms with Crippen molar-refractivity contribution in [3.05, 3.63) is 48.3 Å². The molecule has 5 heteroatoms. The molecule has 0 fully saturated rings. The topological polar surface area (TPSA) is 63.2 Å². The van der Waals surface area contributed by atoms with E-state index in [1.165, 1.54) is 0 Å². The fourth-order valence-corrected chi connectivity index (χ4v) is 2.07.